The molecule has 2 saturated carbocycles. The van der Waals surface area contributed by atoms with Crippen LogP contribution in [0.2, 0.25) is 0 Å². The van der Waals surface area contributed by atoms with E-state index < -0.39 is 17.7 Å². The van der Waals surface area contributed by atoms with E-state index >= 15 is 0 Å². The van der Waals surface area contributed by atoms with Crippen molar-refractivity contribution in [2.24, 2.45) is 5.41 Å². The van der Waals surface area contributed by atoms with Gasteiger partial charge in [-0.15, -0.1) is 0 Å². The number of pyridine rings is 2. The molecule has 2 aliphatic carbocycles. The molecule has 0 amide bonds. The van der Waals surface area contributed by atoms with E-state index in [0.29, 0.717) is 92.9 Å². The molecule has 3 fully saturated rings. The number of alkyl halides is 3. The molecule has 5 heterocycles. The predicted molar refractivity (Wildman–Crippen MR) is 189 cm³/mol. The molecule has 0 unspecified atom stereocenters. The molecule has 1 saturated heterocycles. The Kier molecular flexibility index (Phi) is 12.0. The number of aromatic nitrogens is 6. The first-order valence-electron chi connectivity index (χ1n) is 18.2. The van der Waals surface area contributed by atoms with Crippen molar-refractivity contribution in [1.29, 1.82) is 0 Å². The van der Waals surface area contributed by atoms with Crippen LogP contribution >= 0.6 is 0 Å². The number of imidazole rings is 1. The maximum atomic E-state index is 14.3. The summed E-state index contributed by atoms with van der Waals surface area (Å²) in [6.07, 6.45) is 6.05. The molecule has 4 aromatic rings. The summed E-state index contributed by atoms with van der Waals surface area (Å²) in [6, 6.07) is 3.12. The molecule has 16 heteroatoms. The average molecular weight is 744 g/mol. The Labute approximate surface area is 329 Å². The second-order valence-electron chi connectivity index (χ2n) is 14.6. The minimum atomic E-state index is -4.54. The molecule has 0 aromatic carbocycles. The number of carboxylic acid groups (broad SMARTS) is 1. The third-order valence-electron chi connectivity index (χ3n) is 10.8. The van der Waals surface area contributed by atoms with Gasteiger partial charge in [-0.05, 0) is 58.1 Å². The van der Waals surface area contributed by atoms with Crippen molar-refractivity contribution in [1.82, 2.24) is 34.8 Å². The Morgan fingerprint density at radius 3 is 2.47 bits per heavy atom. The maximum absolute atomic E-state index is 14.3. The molecule has 1 aliphatic heterocycles. The summed E-state index contributed by atoms with van der Waals surface area (Å²) in [5.74, 6) is -0.0666. The molecule has 0 bridgehead atoms. The number of aliphatic carboxylic acids is 1. The average Bonchev–Trinajstić information content (AvgIpc) is 3.72. The number of piperazine rings is 1. The van der Waals surface area contributed by atoms with Crippen LogP contribution in [-0.4, -0.2) is 99.8 Å². The minimum Gasteiger partial charge on any atom is -0.550 e. The van der Waals surface area contributed by atoms with Gasteiger partial charge in [-0.1, -0.05) is 12.8 Å². The van der Waals surface area contributed by atoms with Crippen LogP contribution in [0.5, 0.6) is 0 Å². The van der Waals surface area contributed by atoms with Gasteiger partial charge in [0.05, 0.1) is 41.6 Å². The van der Waals surface area contributed by atoms with Crippen LogP contribution in [0.1, 0.15) is 76.0 Å². The number of hydrogen-bond donors (Lipinski definition) is 1. The Bertz CT molecular complexity index is 1900. The molecule has 1 N–H and O–H groups in total. The summed E-state index contributed by atoms with van der Waals surface area (Å²) < 4.78 is 48.6. The summed E-state index contributed by atoms with van der Waals surface area (Å²) in [5, 5.41) is 10.9. The molecule has 4 aromatic heterocycles. The molecule has 3 aliphatic rings. The van der Waals surface area contributed by atoms with Gasteiger partial charge >= 0.3 is 35.7 Å². The second-order valence-corrected chi connectivity index (χ2v) is 14.6. The van der Waals surface area contributed by atoms with Crippen LogP contribution in [0.4, 0.5) is 24.7 Å². The number of nitrogens with zero attached hydrogens (tertiary/aromatic N) is 8. The largest absolute Gasteiger partial charge is 1.00 e. The van der Waals surface area contributed by atoms with E-state index in [9.17, 15) is 23.1 Å². The zero-order chi connectivity index (χ0) is 36.6. The van der Waals surface area contributed by atoms with E-state index in [1.165, 1.54) is 12.3 Å². The zero-order valence-electron chi connectivity index (χ0n) is 30.9. The summed E-state index contributed by atoms with van der Waals surface area (Å²) in [5.41, 5.74) is 2.31. The number of rotatable bonds is 13. The van der Waals surface area contributed by atoms with Gasteiger partial charge < -0.3 is 29.4 Å². The van der Waals surface area contributed by atoms with Gasteiger partial charge in [0.25, 0.3) is 0 Å². The molecule has 0 radical (unpaired) electrons. The molecule has 278 valence electrons. The molecular formula is C37H45F3N9NaO3. The summed E-state index contributed by atoms with van der Waals surface area (Å²) in [7, 11) is 1.73. The number of hydrogen-bond acceptors (Lipinski definition) is 11. The zero-order valence-corrected chi connectivity index (χ0v) is 32.9. The number of aromatic amines is 1. The molecule has 1 atom stereocenters. The Balaban J connectivity index is 0.00000481. The van der Waals surface area contributed by atoms with Crippen LogP contribution in [0.25, 0.3) is 33.9 Å². The van der Waals surface area contributed by atoms with E-state index in [4.69, 9.17) is 24.7 Å². The topological polar surface area (TPSA) is 139 Å². The first-order chi connectivity index (χ1) is 25.0. The minimum absolute atomic E-state index is 0. The van der Waals surface area contributed by atoms with Gasteiger partial charge in [-0.25, -0.2) is 19.9 Å². The Morgan fingerprint density at radius 1 is 1.08 bits per heavy atom. The van der Waals surface area contributed by atoms with Gasteiger partial charge in [-0.2, -0.15) is 13.2 Å². The number of halogens is 3. The SMILES string of the molecule is CCN(CC1(COC)CCCC1)c1cc(-c2cnc(C3CC3)c(C(F)(F)F)c2)nc2nc(-c3cnc(N4CCN(CCC(=O)[O-])C[C@H]4C)cn3)[nH]c12.[Na+]. The van der Waals surface area contributed by atoms with Gasteiger partial charge in [0.1, 0.15) is 17.0 Å². The number of anilines is 2. The smallest absolute Gasteiger partial charge is 0.550 e. The van der Waals surface area contributed by atoms with E-state index in [2.05, 4.69) is 38.5 Å². The number of nitrogens with one attached hydrogen (secondary N) is 1. The quantitative estimate of drug-likeness (QED) is 0.202. The van der Waals surface area contributed by atoms with Crippen molar-refractivity contribution in [3.63, 3.8) is 0 Å². The number of carbonyl (C=O) groups is 1. The standard InChI is InChI=1S/C37H46F3N9O3.Na/c1-4-48(21-36(22-52-3)10-5-6-11-36)29-16-27(25-15-26(37(38,39)40)32(43-17-25)24-7-8-24)44-35-33(29)45-34(46-35)28-18-42-30(19-41-28)49-14-13-47(20-23(49)2)12-9-31(50)51;/h15-19,23-24H,4-14,20-22H2,1-3H3,(H,50,51)(H,44,45,46);/q;+1/p-1/t23-;/m1./s1. The summed E-state index contributed by atoms with van der Waals surface area (Å²) in [6.45, 7) is 8.64. The van der Waals surface area contributed by atoms with Crippen molar-refractivity contribution in [2.75, 3.05) is 62.8 Å². The van der Waals surface area contributed by atoms with Crippen LogP contribution in [0, 0.1) is 5.41 Å². The molecule has 7 rings (SSSR count). The second kappa shape index (κ2) is 16.2. The number of methoxy groups -OCH3 is 1. The van der Waals surface area contributed by atoms with Crippen molar-refractivity contribution < 1.29 is 57.4 Å². The number of fused-ring (bicyclic) bond motifs is 1. The number of carboxylic acids is 1. The fourth-order valence-electron chi connectivity index (χ4n) is 7.98. The fourth-order valence-corrected chi connectivity index (χ4v) is 7.98. The first kappa shape index (κ1) is 39.3. The Morgan fingerprint density at radius 2 is 1.85 bits per heavy atom. The third-order valence-corrected chi connectivity index (χ3v) is 10.8. The van der Waals surface area contributed by atoms with Crippen LogP contribution in [0.15, 0.2) is 30.7 Å². The van der Waals surface area contributed by atoms with Crippen molar-refractivity contribution >= 4 is 28.6 Å². The van der Waals surface area contributed by atoms with Crippen molar-refractivity contribution in [3.05, 3.63) is 42.0 Å². The van der Waals surface area contributed by atoms with Crippen LogP contribution in [0.3, 0.4) is 0 Å². The Hall–Kier alpha value is -3.37. The molecular weight excluding hydrogens is 698 g/mol. The predicted octanol–water partition coefficient (Wildman–Crippen LogP) is 2.06. The molecule has 0 spiro atoms. The monoisotopic (exact) mass is 743 g/mol. The first-order valence-corrected chi connectivity index (χ1v) is 18.2. The summed E-state index contributed by atoms with van der Waals surface area (Å²) >= 11 is 0. The van der Waals surface area contributed by atoms with E-state index in [1.54, 1.807) is 19.5 Å². The number of ether oxygens (including phenoxy) is 1. The molecule has 12 nitrogen and oxygen atoms in total. The fraction of sp³-hybridized carbons (Fsp3) is 0.568. The summed E-state index contributed by atoms with van der Waals surface area (Å²) in [4.78, 5) is 44.2. The van der Waals surface area contributed by atoms with Gasteiger partial charge in [0.2, 0.25) is 0 Å². The van der Waals surface area contributed by atoms with E-state index in [0.717, 1.165) is 31.4 Å². The number of H-pyrrole nitrogens is 1. The molecule has 53 heavy (non-hydrogen) atoms. The van der Waals surface area contributed by atoms with Crippen molar-refractivity contribution in [2.45, 2.75) is 76.9 Å². The van der Waals surface area contributed by atoms with Crippen molar-refractivity contribution in [3.8, 4) is 22.8 Å². The van der Waals surface area contributed by atoms with Gasteiger partial charge in [0, 0.05) is 81.5 Å². The number of carbonyl (C=O) groups excluding carboxylic acids is 1. The van der Waals surface area contributed by atoms with Gasteiger partial charge in [-0.3, -0.25) is 9.88 Å². The van der Waals surface area contributed by atoms with Gasteiger partial charge in [0.15, 0.2) is 11.5 Å². The van der Waals surface area contributed by atoms with Crippen LogP contribution in [-0.2, 0) is 15.7 Å². The van der Waals surface area contributed by atoms with Crippen LogP contribution < -0.4 is 44.5 Å². The van der Waals surface area contributed by atoms with E-state index in [-0.39, 0.29) is 64.6 Å². The normalized spacial score (nSPS) is 19.1. The maximum Gasteiger partial charge on any atom is 1.00 e. The third kappa shape index (κ3) is 8.64. The van der Waals surface area contributed by atoms with E-state index in [1.807, 2.05) is 6.07 Å².